The monoisotopic (exact) mass is 295 g/mol. The molecule has 2 aromatic heterocycles. The first-order valence-corrected chi connectivity index (χ1v) is 6.81. The second kappa shape index (κ2) is 6.30. The molecule has 0 atom stereocenters. The van der Waals surface area contributed by atoms with E-state index in [-0.39, 0.29) is 0 Å². The molecule has 5 heteroatoms. The number of ether oxygens (including phenoxy) is 1. The zero-order chi connectivity index (χ0) is 15.4. The maximum atomic E-state index is 13.2. The van der Waals surface area contributed by atoms with E-state index >= 15 is 0 Å². The quantitative estimate of drug-likeness (QED) is 0.693. The topological polar surface area (TPSA) is 47.9 Å². The molecule has 0 radical (unpaired) electrons. The van der Waals surface area contributed by atoms with Gasteiger partial charge in [-0.15, -0.1) is 0 Å². The standard InChI is InChI=1S/C17H14FN3O/c1-22-17-11-19-10-14(20-17)9-12-5-7-13(8-6-12)15-3-2-4-16(18)21-15/h2-8,10-11H,9H2,1H3. The summed E-state index contributed by atoms with van der Waals surface area (Å²) in [6, 6.07) is 12.6. The molecule has 3 aromatic rings. The Morgan fingerprint density at radius 2 is 1.82 bits per heavy atom. The highest BCUT2D eigenvalue weighted by Gasteiger charge is 2.04. The fourth-order valence-corrected chi connectivity index (χ4v) is 2.14. The first kappa shape index (κ1) is 14.1. The number of methoxy groups -OCH3 is 1. The number of pyridine rings is 1. The molecule has 0 N–H and O–H groups in total. The molecular weight excluding hydrogens is 281 g/mol. The molecule has 0 fully saturated rings. The molecule has 110 valence electrons. The molecule has 2 heterocycles. The zero-order valence-electron chi connectivity index (χ0n) is 12.0. The van der Waals surface area contributed by atoms with Crippen molar-refractivity contribution in [3.8, 4) is 17.1 Å². The minimum atomic E-state index is -0.478. The maximum absolute atomic E-state index is 13.2. The molecule has 4 nitrogen and oxygen atoms in total. The van der Waals surface area contributed by atoms with Gasteiger partial charge in [-0.05, 0) is 17.7 Å². The van der Waals surface area contributed by atoms with Gasteiger partial charge in [-0.1, -0.05) is 30.3 Å². The van der Waals surface area contributed by atoms with E-state index in [2.05, 4.69) is 15.0 Å². The van der Waals surface area contributed by atoms with Gasteiger partial charge in [0.15, 0.2) is 0 Å². The van der Waals surface area contributed by atoms with Crippen LogP contribution in [0.5, 0.6) is 5.88 Å². The van der Waals surface area contributed by atoms with Gasteiger partial charge in [0.25, 0.3) is 0 Å². The summed E-state index contributed by atoms with van der Waals surface area (Å²) in [7, 11) is 1.56. The summed E-state index contributed by atoms with van der Waals surface area (Å²) in [5.74, 6) is 0.0197. The largest absolute Gasteiger partial charge is 0.480 e. The van der Waals surface area contributed by atoms with Crippen molar-refractivity contribution in [1.29, 1.82) is 0 Å². The van der Waals surface area contributed by atoms with Crippen LogP contribution in [0.1, 0.15) is 11.3 Å². The molecule has 0 amide bonds. The second-order valence-electron chi connectivity index (χ2n) is 4.77. The van der Waals surface area contributed by atoms with E-state index in [9.17, 15) is 4.39 Å². The average Bonchev–Trinajstić information content (AvgIpc) is 2.56. The summed E-state index contributed by atoms with van der Waals surface area (Å²) in [5.41, 5.74) is 3.41. The van der Waals surface area contributed by atoms with Crippen LogP contribution in [-0.2, 0) is 6.42 Å². The van der Waals surface area contributed by atoms with E-state index < -0.39 is 5.95 Å². The van der Waals surface area contributed by atoms with Gasteiger partial charge in [-0.3, -0.25) is 4.98 Å². The Morgan fingerprint density at radius 3 is 2.55 bits per heavy atom. The van der Waals surface area contributed by atoms with Gasteiger partial charge in [-0.2, -0.15) is 4.39 Å². The highest BCUT2D eigenvalue weighted by atomic mass is 19.1. The van der Waals surface area contributed by atoms with Gasteiger partial charge < -0.3 is 4.74 Å². The molecule has 0 spiro atoms. The van der Waals surface area contributed by atoms with Crippen molar-refractivity contribution in [2.24, 2.45) is 0 Å². The lowest BCUT2D eigenvalue weighted by Gasteiger charge is -2.05. The molecule has 0 unspecified atom stereocenters. The summed E-state index contributed by atoms with van der Waals surface area (Å²) < 4.78 is 18.2. The summed E-state index contributed by atoms with van der Waals surface area (Å²) in [6.45, 7) is 0. The van der Waals surface area contributed by atoms with Gasteiger partial charge in [0.2, 0.25) is 11.8 Å². The number of rotatable bonds is 4. The van der Waals surface area contributed by atoms with Crippen LogP contribution < -0.4 is 4.74 Å². The second-order valence-corrected chi connectivity index (χ2v) is 4.77. The Morgan fingerprint density at radius 1 is 1.00 bits per heavy atom. The van der Waals surface area contributed by atoms with Gasteiger partial charge in [0.1, 0.15) is 0 Å². The molecule has 1 aromatic carbocycles. The van der Waals surface area contributed by atoms with Crippen LogP contribution in [0.2, 0.25) is 0 Å². The first-order valence-electron chi connectivity index (χ1n) is 6.81. The van der Waals surface area contributed by atoms with Gasteiger partial charge >= 0.3 is 0 Å². The number of hydrogen-bond donors (Lipinski definition) is 0. The van der Waals surface area contributed by atoms with E-state index in [4.69, 9.17) is 4.74 Å². The molecule has 0 saturated heterocycles. The minimum absolute atomic E-state index is 0.478. The van der Waals surface area contributed by atoms with Crippen molar-refractivity contribution in [1.82, 2.24) is 15.0 Å². The number of aromatic nitrogens is 3. The van der Waals surface area contributed by atoms with E-state index in [1.807, 2.05) is 24.3 Å². The first-order chi connectivity index (χ1) is 10.7. The predicted molar refractivity (Wildman–Crippen MR) is 81.0 cm³/mol. The number of nitrogens with zero attached hydrogens (tertiary/aromatic N) is 3. The SMILES string of the molecule is COc1cncc(Cc2ccc(-c3cccc(F)n3)cc2)n1. The molecule has 0 saturated carbocycles. The number of halogens is 1. The molecule has 3 rings (SSSR count). The highest BCUT2D eigenvalue weighted by molar-refractivity contribution is 5.59. The number of hydrogen-bond acceptors (Lipinski definition) is 4. The smallest absolute Gasteiger partial charge is 0.232 e. The average molecular weight is 295 g/mol. The fraction of sp³-hybridized carbons (Fsp3) is 0.118. The fourth-order valence-electron chi connectivity index (χ4n) is 2.14. The molecule has 0 bridgehead atoms. The third-order valence-electron chi connectivity index (χ3n) is 3.22. The molecule has 0 aliphatic heterocycles. The van der Waals surface area contributed by atoms with Gasteiger partial charge in [0, 0.05) is 18.2 Å². The lowest BCUT2D eigenvalue weighted by molar-refractivity contribution is 0.394. The van der Waals surface area contributed by atoms with Crippen LogP contribution >= 0.6 is 0 Å². The van der Waals surface area contributed by atoms with Gasteiger partial charge in [-0.25, -0.2) is 9.97 Å². The molecule has 22 heavy (non-hydrogen) atoms. The van der Waals surface area contributed by atoms with E-state index in [1.54, 1.807) is 31.6 Å². The third-order valence-corrected chi connectivity index (χ3v) is 3.22. The van der Waals surface area contributed by atoms with Gasteiger partial charge in [0.05, 0.1) is 24.7 Å². The van der Waals surface area contributed by atoms with Crippen molar-refractivity contribution >= 4 is 0 Å². The van der Waals surface area contributed by atoms with E-state index in [0.29, 0.717) is 18.0 Å². The van der Waals surface area contributed by atoms with Crippen molar-refractivity contribution in [3.05, 3.63) is 72.1 Å². The van der Waals surface area contributed by atoms with Crippen LogP contribution in [0.25, 0.3) is 11.3 Å². The molecule has 0 aliphatic rings. The summed E-state index contributed by atoms with van der Waals surface area (Å²) in [4.78, 5) is 12.3. The zero-order valence-corrected chi connectivity index (χ0v) is 12.0. The normalized spacial score (nSPS) is 10.5. The Balaban J connectivity index is 1.79. The van der Waals surface area contributed by atoms with Crippen LogP contribution in [0.3, 0.4) is 0 Å². The minimum Gasteiger partial charge on any atom is -0.480 e. The Hall–Kier alpha value is -2.82. The molecule has 0 aliphatic carbocycles. The maximum Gasteiger partial charge on any atom is 0.232 e. The lowest BCUT2D eigenvalue weighted by Crippen LogP contribution is -1.96. The third kappa shape index (κ3) is 3.25. The van der Waals surface area contributed by atoms with Crippen molar-refractivity contribution < 1.29 is 9.13 Å². The lowest BCUT2D eigenvalue weighted by atomic mass is 10.1. The van der Waals surface area contributed by atoms with Crippen molar-refractivity contribution in [3.63, 3.8) is 0 Å². The van der Waals surface area contributed by atoms with Crippen molar-refractivity contribution in [2.45, 2.75) is 6.42 Å². The van der Waals surface area contributed by atoms with Crippen molar-refractivity contribution in [2.75, 3.05) is 7.11 Å². The van der Waals surface area contributed by atoms with E-state index in [0.717, 1.165) is 16.8 Å². The molecular formula is C17H14FN3O. The van der Waals surface area contributed by atoms with Crippen LogP contribution in [0.15, 0.2) is 54.9 Å². The summed E-state index contributed by atoms with van der Waals surface area (Å²) in [6.07, 6.45) is 3.94. The summed E-state index contributed by atoms with van der Waals surface area (Å²) in [5, 5.41) is 0. The highest BCUT2D eigenvalue weighted by Crippen LogP contribution is 2.19. The Kier molecular flexibility index (Phi) is 4.05. The summed E-state index contributed by atoms with van der Waals surface area (Å²) >= 11 is 0. The van der Waals surface area contributed by atoms with Crippen LogP contribution in [0.4, 0.5) is 4.39 Å². The Labute approximate surface area is 127 Å². The number of benzene rings is 1. The Bertz CT molecular complexity index is 775. The predicted octanol–water partition coefficient (Wildman–Crippen LogP) is 3.28. The van der Waals surface area contributed by atoms with Crippen LogP contribution in [0, 0.1) is 5.95 Å². The van der Waals surface area contributed by atoms with E-state index in [1.165, 1.54) is 6.07 Å². The van der Waals surface area contributed by atoms with Crippen LogP contribution in [-0.4, -0.2) is 22.1 Å².